The number of aromatic nitrogens is 1. The Hall–Kier alpha value is -1.82. The monoisotopic (exact) mass is 379 g/mol. The second-order valence-electron chi connectivity index (χ2n) is 7.05. The summed E-state index contributed by atoms with van der Waals surface area (Å²) in [5, 5.41) is 7.11. The van der Waals surface area contributed by atoms with E-state index in [9.17, 15) is 4.79 Å². The number of nitrogens with zero attached hydrogens (tertiary/aromatic N) is 3. The summed E-state index contributed by atoms with van der Waals surface area (Å²) in [5.41, 5.74) is 0.777. The molecule has 2 N–H and O–H groups in total. The molecule has 1 aromatic heterocycles. The van der Waals surface area contributed by atoms with E-state index >= 15 is 0 Å². The molecule has 1 heterocycles. The molecular formula is C19H30ClN5O. The first kappa shape index (κ1) is 20.5. The molecule has 0 aromatic carbocycles. The van der Waals surface area contributed by atoms with E-state index in [-0.39, 0.29) is 11.3 Å². The zero-order valence-corrected chi connectivity index (χ0v) is 16.8. The second kappa shape index (κ2) is 9.76. The van der Waals surface area contributed by atoms with E-state index in [2.05, 4.69) is 15.6 Å². The van der Waals surface area contributed by atoms with Crippen LogP contribution < -0.4 is 10.6 Å². The Labute approximate surface area is 161 Å². The molecule has 0 bridgehead atoms. The quantitative estimate of drug-likeness (QED) is 0.434. The van der Waals surface area contributed by atoms with Crippen molar-refractivity contribution in [2.45, 2.75) is 39.0 Å². The van der Waals surface area contributed by atoms with Crippen LogP contribution in [0.4, 0.5) is 0 Å². The van der Waals surface area contributed by atoms with Crippen LogP contribution in [0.25, 0.3) is 0 Å². The second-order valence-corrected chi connectivity index (χ2v) is 7.44. The van der Waals surface area contributed by atoms with Crippen LogP contribution >= 0.6 is 11.6 Å². The SMILES string of the molecule is CCNC(=NCC1(C(=O)N(C)C)CCCC1)NCCc1ccc(Cl)nc1. The number of nitrogens with one attached hydrogen (secondary N) is 2. The minimum absolute atomic E-state index is 0.196. The summed E-state index contributed by atoms with van der Waals surface area (Å²) in [4.78, 5) is 23.2. The first-order valence-electron chi connectivity index (χ1n) is 9.31. The number of halogens is 1. The zero-order valence-electron chi connectivity index (χ0n) is 16.0. The molecule has 0 atom stereocenters. The van der Waals surface area contributed by atoms with Gasteiger partial charge in [0.25, 0.3) is 0 Å². The van der Waals surface area contributed by atoms with Crippen molar-refractivity contribution in [2.75, 3.05) is 33.7 Å². The predicted octanol–water partition coefficient (Wildman–Crippen LogP) is 2.48. The van der Waals surface area contributed by atoms with Crippen LogP contribution in [0.3, 0.4) is 0 Å². The molecule has 1 aliphatic rings. The normalized spacial score (nSPS) is 16.4. The van der Waals surface area contributed by atoms with Crippen LogP contribution in [0.15, 0.2) is 23.3 Å². The summed E-state index contributed by atoms with van der Waals surface area (Å²) in [6.07, 6.45) is 6.66. The number of rotatable bonds is 7. The van der Waals surface area contributed by atoms with Gasteiger partial charge in [-0.2, -0.15) is 0 Å². The molecule has 1 saturated carbocycles. The molecule has 0 spiro atoms. The van der Waals surface area contributed by atoms with E-state index in [1.54, 1.807) is 17.2 Å². The van der Waals surface area contributed by atoms with E-state index in [1.165, 1.54) is 0 Å². The van der Waals surface area contributed by atoms with Gasteiger partial charge in [0.1, 0.15) is 5.15 Å². The number of guanidine groups is 1. The molecule has 1 fully saturated rings. The van der Waals surface area contributed by atoms with Crippen LogP contribution in [0.1, 0.15) is 38.2 Å². The summed E-state index contributed by atoms with van der Waals surface area (Å²) in [6.45, 7) is 4.09. The molecule has 1 aliphatic carbocycles. The van der Waals surface area contributed by atoms with Crippen molar-refractivity contribution in [3.8, 4) is 0 Å². The average Bonchev–Trinajstić information content (AvgIpc) is 3.10. The van der Waals surface area contributed by atoms with Crippen LogP contribution in [0.5, 0.6) is 0 Å². The molecule has 0 saturated heterocycles. The number of carbonyl (C=O) groups excluding carboxylic acids is 1. The molecular weight excluding hydrogens is 350 g/mol. The van der Waals surface area contributed by atoms with Crippen molar-refractivity contribution >= 4 is 23.5 Å². The third-order valence-corrected chi connectivity index (χ3v) is 5.02. The fourth-order valence-electron chi connectivity index (χ4n) is 3.42. The third-order valence-electron chi connectivity index (χ3n) is 4.80. The van der Waals surface area contributed by atoms with Gasteiger partial charge in [-0.25, -0.2) is 4.98 Å². The molecule has 6 nitrogen and oxygen atoms in total. The minimum atomic E-state index is -0.341. The van der Waals surface area contributed by atoms with Crippen LogP contribution in [-0.2, 0) is 11.2 Å². The summed E-state index contributed by atoms with van der Waals surface area (Å²) in [6, 6.07) is 3.78. The first-order valence-corrected chi connectivity index (χ1v) is 9.69. The zero-order chi connectivity index (χ0) is 19.0. The van der Waals surface area contributed by atoms with E-state index in [0.717, 1.165) is 56.7 Å². The van der Waals surface area contributed by atoms with Gasteiger partial charge in [0.05, 0.1) is 12.0 Å². The van der Waals surface area contributed by atoms with Crippen molar-refractivity contribution in [3.63, 3.8) is 0 Å². The third kappa shape index (κ3) is 5.59. The lowest BCUT2D eigenvalue weighted by molar-refractivity contribution is -0.138. The van der Waals surface area contributed by atoms with Crippen molar-refractivity contribution in [1.29, 1.82) is 0 Å². The fourth-order valence-corrected chi connectivity index (χ4v) is 3.53. The lowest BCUT2D eigenvalue weighted by Gasteiger charge is -2.29. The molecule has 1 amide bonds. The van der Waals surface area contributed by atoms with Gasteiger partial charge in [0, 0.05) is 33.4 Å². The van der Waals surface area contributed by atoms with Crippen molar-refractivity contribution in [2.24, 2.45) is 10.4 Å². The van der Waals surface area contributed by atoms with Gasteiger partial charge in [-0.3, -0.25) is 9.79 Å². The maximum absolute atomic E-state index is 12.7. The highest BCUT2D eigenvalue weighted by Crippen LogP contribution is 2.39. The lowest BCUT2D eigenvalue weighted by atomic mass is 9.85. The number of hydrogen-bond acceptors (Lipinski definition) is 3. The maximum Gasteiger partial charge on any atom is 0.230 e. The number of aliphatic imine (C=N–C) groups is 1. The first-order chi connectivity index (χ1) is 12.5. The molecule has 0 unspecified atom stereocenters. The molecule has 0 radical (unpaired) electrons. The Balaban J connectivity index is 1.96. The van der Waals surface area contributed by atoms with Gasteiger partial charge >= 0.3 is 0 Å². The molecule has 1 aromatic rings. The van der Waals surface area contributed by atoms with Crippen LogP contribution in [0, 0.1) is 5.41 Å². The Bertz CT molecular complexity index is 609. The Morgan fingerprint density at radius 1 is 1.31 bits per heavy atom. The summed E-state index contributed by atoms with van der Waals surface area (Å²) >= 11 is 5.81. The van der Waals surface area contributed by atoms with Gasteiger partial charge in [-0.15, -0.1) is 0 Å². The highest BCUT2D eigenvalue weighted by Gasteiger charge is 2.41. The highest BCUT2D eigenvalue weighted by atomic mass is 35.5. The van der Waals surface area contributed by atoms with E-state index in [4.69, 9.17) is 16.6 Å². The topological polar surface area (TPSA) is 69.6 Å². The molecule has 2 rings (SSSR count). The standard InChI is InChI=1S/C19H30ClN5O/c1-4-21-18(22-12-9-15-7-8-16(20)23-13-15)24-14-19(10-5-6-11-19)17(26)25(2)3/h7-8,13H,4-6,9-12,14H2,1-3H3,(H2,21,22,24). The largest absolute Gasteiger partial charge is 0.357 e. The summed E-state index contributed by atoms with van der Waals surface area (Å²) < 4.78 is 0. The van der Waals surface area contributed by atoms with Gasteiger partial charge in [0.2, 0.25) is 5.91 Å². The van der Waals surface area contributed by atoms with Gasteiger partial charge in [-0.1, -0.05) is 30.5 Å². The smallest absolute Gasteiger partial charge is 0.230 e. The van der Waals surface area contributed by atoms with Crippen molar-refractivity contribution in [3.05, 3.63) is 29.0 Å². The predicted molar refractivity (Wildman–Crippen MR) is 107 cm³/mol. The van der Waals surface area contributed by atoms with Crippen LogP contribution in [0.2, 0.25) is 5.15 Å². The maximum atomic E-state index is 12.7. The van der Waals surface area contributed by atoms with E-state index in [0.29, 0.717) is 11.7 Å². The van der Waals surface area contributed by atoms with Gasteiger partial charge in [0.15, 0.2) is 5.96 Å². The molecule has 0 aliphatic heterocycles. The fraction of sp³-hybridized carbons (Fsp3) is 0.632. The number of pyridine rings is 1. The number of hydrogen-bond donors (Lipinski definition) is 2. The average molecular weight is 380 g/mol. The highest BCUT2D eigenvalue weighted by molar-refractivity contribution is 6.29. The summed E-state index contributed by atoms with van der Waals surface area (Å²) in [5.74, 6) is 0.953. The Morgan fingerprint density at radius 2 is 2.04 bits per heavy atom. The van der Waals surface area contributed by atoms with E-state index < -0.39 is 0 Å². The lowest BCUT2D eigenvalue weighted by Crippen LogP contribution is -2.43. The van der Waals surface area contributed by atoms with E-state index in [1.807, 2.05) is 27.1 Å². The van der Waals surface area contributed by atoms with Gasteiger partial charge in [-0.05, 0) is 37.8 Å². The van der Waals surface area contributed by atoms with Gasteiger partial charge < -0.3 is 15.5 Å². The molecule has 26 heavy (non-hydrogen) atoms. The van der Waals surface area contributed by atoms with Crippen molar-refractivity contribution < 1.29 is 4.79 Å². The Kier molecular flexibility index (Phi) is 7.69. The number of amides is 1. The minimum Gasteiger partial charge on any atom is -0.357 e. The molecule has 7 heteroatoms. The number of carbonyl (C=O) groups is 1. The summed E-state index contributed by atoms with van der Waals surface area (Å²) in [7, 11) is 3.66. The Morgan fingerprint density at radius 3 is 2.62 bits per heavy atom. The van der Waals surface area contributed by atoms with Crippen molar-refractivity contribution in [1.82, 2.24) is 20.5 Å². The van der Waals surface area contributed by atoms with Crippen LogP contribution in [-0.4, -0.2) is 55.5 Å². The molecule has 144 valence electrons.